The van der Waals surface area contributed by atoms with Gasteiger partial charge in [0.15, 0.2) is 0 Å². The number of amides is 1. The average Bonchev–Trinajstić information content (AvgIpc) is 2.15. The first-order chi connectivity index (χ1) is 7.67. The fourth-order valence-electron chi connectivity index (χ4n) is 1.28. The molecular formula is C11H13F3N2O. The third kappa shape index (κ3) is 2.69. The number of primary amides is 1. The van der Waals surface area contributed by atoms with Gasteiger partial charge in [-0.05, 0) is 31.5 Å². The maximum absolute atomic E-state index is 12.8. The summed E-state index contributed by atoms with van der Waals surface area (Å²) in [6, 6.07) is 6.28. The Hall–Kier alpha value is -1.72. The quantitative estimate of drug-likeness (QED) is 0.859. The first-order valence-electron chi connectivity index (χ1n) is 4.88. The van der Waals surface area contributed by atoms with Gasteiger partial charge in [0.1, 0.15) is 0 Å². The van der Waals surface area contributed by atoms with Crippen molar-refractivity contribution in [2.45, 2.75) is 25.6 Å². The van der Waals surface area contributed by atoms with Crippen molar-refractivity contribution >= 4 is 11.6 Å². The van der Waals surface area contributed by atoms with Crippen LogP contribution in [0.1, 0.15) is 12.5 Å². The number of nitrogens with one attached hydrogen (secondary N) is 1. The first kappa shape index (κ1) is 13.3. The number of hydrogen-bond donors (Lipinski definition) is 2. The summed E-state index contributed by atoms with van der Waals surface area (Å²) in [6.07, 6.45) is -4.76. The number of aryl methyl sites for hydroxylation is 1. The summed E-state index contributed by atoms with van der Waals surface area (Å²) in [6.45, 7) is 2.46. The van der Waals surface area contributed by atoms with E-state index >= 15 is 0 Å². The second-order valence-corrected chi connectivity index (χ2v) is 3.98. The summed E-state index contributed by atoms with van der Waals surface area (Å²) in [5.74, 6) is -1.47. The average molecular weight is 246 g/mol. The van der Waals surface area contributed by atoms with E-state index in [1.54, 1.807) is 19.1 Å². The van der Waals surface area contributed by atoms with Gasteiger partial charge in [-0.1, -0.05) is 12.1 Å². The predicted molar refractivity (Wildman–Crippen MR) is 58.5 cm³/mol. The minimum absolute atomic E-state index is 0.198. The maximum Gasteiger partial charge on any atom is 0.420 e. The second kappa shape index (κ2) is 4.27. The summed E-state index contributed by atoms with van der Waals surface area (Å²) in [5.41, 5.74) is 3.02. The number of hydrogen-bond acceptors (Lipinski definition) is 2. The van der Waals surface area contributed by atoms with Gasteiger partial charge in [-0.3, -0.25) is 4.79 Å². The summed E-state index contributed by atoms with van der Waals surface area (Å²) < 4.78 is 38.3. The van der Waals surface area contributed by atoms with Gasteiger partial charge in [-0.25, -0.2) is 0 Å². The summed E-state index contributed by atoms with van der Waals surface area (Å²) in [5, 5.41) is 2.14. The summed E-state index contributed by atoms with van der Waals surface area (Å²) in [4.78, 5) is 11.0. The molecule has 0 aliphatic heterocycles. The van der Waals surface area contributed by atoms with Crippen LogP contribution in [0.4, 0.5) is 18.9 Å². The molecule has 1 aromatic rings. The van der Waals surface area contributed by atoms with E-state index < -0.39 is 17.6 Å². The van der Waals surface area contributed by atoms with Crippen LogP contribution in [-0.4, -0.2) is 17.6 Å². The van der Waals surface area contributed by atoms with Crippen molar-refractivity contribution in [3.8, 4) is 0 Å². The molecule has 0 fully saturated rings. The van der Waals surface area contributed by atoms with Gasteiger partial charge in [0, 0.05) is 5.69 Å². The number of alkyl halides is 3. The molecule has 3 N–H and O–H groups in total. The predicted octanol–water partition coefficient (Wildman–Crippen LogP) is 2.21. The Morgan fingerprint density at radius 1 is 1.35 bits per heavy atom. The van der Waals surface area contributed by atoms with Crippen LogP contribution in [0.25, 0.3) is 0 Å². The van der Waals surface area contributed by atoms with E-state index in [2.05, 4.69) is 5.32 Å². The van der Waals surface area contributed by atoms with E-state index in [1.807, 2.05) is 0 Å². The van der Waals surface area contributed by atoms with Crippen LogP contribution in [0.15, 0.2) is 24.3 Å². The highest BCUT2D eigenvalue weighted by atomic mass is 19.4. The van der Waals surface area contributed by atoms with E-state index in [-0.39, 0.29) is 5.69 Å². The molecule has 0 aromatic heterocycles. The van der Waals surface area contributed by atoms with Crippen molar-refractivity contribution in [2.75, 3.05) is 5.32 Å². The van der Waals surface area contributed by atoms with E-state index in [9.17, 15) is 18.0 Å². The van der Waals surface area contributed by atoms with E-state index in [4.69, 9.17) is 5.73 Å². The number of nitrogens with two attached hydrogens (primary N) is 1. The van der Waals surface area contributed by atoms with Gasteiger partial charge in [-0.15, -0.1) is 0 Å². The van der Waals surface area contributed by atoms with Crippen LogP contribution in [0.3, 0.4) is 0 Å². The minimum Gasteiger partial charge on any atom is -0.367 e. The molecule has 17 heavy (non-hydrogen) atoms. The van der Waals surface area contributed by atoms with Gasteiger partial charge < -0.3 is 11.1 Å². The maximum atomic E-state index is 12.8. The SMILES string of the molecule is Cc1cccc(NC(C)(C(N)=O)C(F)(F)F)c1. The number of rotatable bonds is 3. The molecule has 1 amide bonds. The fraction of sp³-hybridized carbons (Fsp3) is 0.364. The lowest BCUT2D eigenvalue weighted by Gasteiger charge is -2.30. The fourth-order valence-corrected chi connectivity index (χ4v) is 1.28. The molecular weight excluding hydrogens is 233 g/mol. The van der Waals surface area contributed by atoms with Crippen LogP contribution < -0.4 is 11.1 Å². The lowest BCUT2D eigenvalue weighted by Crippen LogP contribution is -2.58. The van der Waals surface area contributed by atoms with Crippen LogP contribution in [0.5, 0.6) is 0 Å². The summed E-state index contributed by atoms with van der Waals surface area (Å²) in [7, 11) is 0. The van der Waals surface area contributed by atoms with Crippen LogP contribution in [-0.2, 0) is 4.79 Å². The molecule has 3 nitrogen and oxygen atoms in total. The van der Waals surface area contributed by atoms with E-state index in [0.717, 1.165) is 12.5 Å². The number of anilines is 1. The molecule has 1 rings (SSSR count). The van der Waals surface area contributed by atoms with Crippen molar-refractivity contribution in [2.24, 2.45) is 5.73 Å². The Labute approximate surface area is 96.8 Å². The van der Waals surface area contributed by atoms with E-state index in [0.29, 0.717) is 0 Å². The highest BCUT2D eigenvalue weighted by Crippen LogP contribution is 2.33. The molecule has 1 atom stereocenters. The largest absolute Gasteiger partial charge is 0.420 e. The smallest absolute Gasteiger partial charge is 0.367 e. The Bertz CT molecular complexity index is 431. The van der Waals surface area contributed by atoms with Crippen molar-refractivity contribution in [1.82, 2.24) is 0 Å². The Balaban J connectivity index is 3.08. The topological polar surface area (TPSA) is 55.1 Å². The van der Waals surface area contributed by atoms with Crippen molar-refractivity contribution < 1.29 is 18.0 Å². The standard InChI is InChI=1S/C11H13F3N2O/c1-7-4-3-5-8(6-7)16-10(2,9(15)17)11(12,13)14/h3-6,16H,1-2H3,(H2,15,17). The van der Waals surface area contributed by atoms with Crippen LogP contribution in [0.2, 0.25) is 0 Å². The van der Waals surface area contributed by atoms with Crippen LogP contribution in [0, 0.1) is 6.92 Å². The molecule has 0 bridgehead atoms. The second-order valence-electron chi connectivity index (χ2n) is 3.98. The molecule has 0 spiro atoms. The van der Waals surface area contributed by atoms with E-state index in [1.165, 1.54) is 12.1 Å². The first-order valence-corrected chi connectivity index (χ1v) is 4.88. The zero-order valence-corrected chi connectivity index (χ0v) is 9.43. The molecule has 0 saturated heterocycles. The third-order valence-corrected chi connectivity index (χ3v) is 2.47. The normalized spacial score (nSPS) is 15.1. The number of carbonyl (C=O) groups excluding carboxylic acids is 1. The molecule has 6 heteroatoms. The third-order valence-electron chi connectivity index (χ3n) is 2.47. The van der Waals surface area contributed by atoms with Crippen molar-refractivity contribution in [3.05, 3.63) is 29.8 Å². The van der Waals surface area contributed by atoms with Gasteiger partial charge in [0.2, 0.25) is 5.54 Å². The Morgan fingerprint density at radius 3 is 2.35 bits per heavy atom. The zero-order valence-electron chi connectivity index (χ0n) is 9.43. The van der Waals surface area contributed by atoms with Gasteiger partial charge >= 0.3 is 6.18 Å². The zero-order chi connectivity index (χ0) is 13.3. The molecule has 0 heterocycles. The minimum atomic E-state index is -4.76. The molecule has 0 aliphatic rings. The number of benzene rings is 1. The van der Waals surface area contributed by atoms with Crippen LogP contribution >= 0.6 is 0 Å². The molecule has 94 valence electrons. The number of halogens is 3. The highest BCUT2D eigenvalue weighted by molar-refractivity contribution is 5.88. The Morgan fingerprint density at radius 2 is 1.94 bits per heavy atom. The molecule has 0 saturated carbocycles. The molecule has 0 aliphatic carbocycles. The summed E-state index contributed by atoms with van der Waals surface area (Å²) >= 11 is 0. The highest BCUT2D eigenvalue weighted by Gasteiger charge is 2.56. The molecule has 1 aromatic carbocycles. The monoisotopic (exact) mass is 246 g/mol. The lowest BCUT2D eigenvalue weighted by atomic mass is 10.00. The van der Waals surface area contributed by atoms with Crippen molar-refractivity contribution in [3.63, 3.8) is 0 Å². The van der Waals surface area contributed by atoms with Gasteiger partial charge in [0.25, 0.3) is 5.91 Å². The Kier molecular flexibility index (Phi) is 3.35. The molecule has 1 unspecified atom stereocenters. The lowest BCUT2D eigenvalue weighted by molar-refractivity contribution is -0.180. The van der Waals surface area contributed by atoms with Gasteiger partial charge in [0.05, 0.1) is 0 Å². The van der Waals surface area contributed by atoms with Gasteiger partial charge in [-0.2, -0.15) is 13.2 Å². The van der Waals surface area contributed by atoms with Crippen molar-refractivity contribution in [1.29, 1.82) is 0 Å². The number of carbonyl (C=O) groups is 1. The molecule has 0 radical (unpaired) electrons.